The molecule has 0 bridgehead atoms. The quantitative estimate of drug-likeness (QED) is 0.793. The Labute approximate surface area is 130 Å². The molecule has 0 atom stereocenters. The van der Waals surface area contributed by atoms with Gasteiger partial charge in [0.15, 0.2) is 9.84 Å². The number of hydrogen-bond donors (Lipinski definition) is 0. The molecule has 0 aliphatic carbocycles. The van der Waals surface area contributed by atoms with Crippen LogP contribution in [0.4, 0.5) is 0 Å². The molecule has 6 heteroatoms. The van der Waals surface area contributed by atoms with Gasteiger partial charge >= 0.3 is 0 Å². The van der Waals surface area contributed by atoms with Gasteiger partial charge in [0, 0.05) is 12.6 Å². The summed E-state index contributed by atoms with van der Waals surface area (Å²) in [5.41, 5.74) is 0.935. The minimum Gasteiger partial charge on any atom is -0.274 e. The van der Waals surface area contributed by atoms with Crippen LogP contribution in [0.15, 0.2) is 59.5 Å². The average molecular weight is 319 g/mol. The molecule has 5 nitrogen and oxygen atoms in total. The molecule has 22 heavy (non-hydrogen) atoms. The normalized spacial score (nSPS) is 11.2. The summed E-state index contributed by atoms with van der Waals surface area (Å²) in [6.45, 7) is 0. The second-order valence-corrected chi connectivity index (χ2v) is 6.75. The van der Waals surface area contributed by atoms with Gasteiger partial charge in [-0.3, -0.25) is 9.63 Å². The van der Waals surface area contributed by atoms with E-state index in [4.69, 9.17) is 4.84 Å². The Balaban J connectivity index is 2.26. The molecule has 0 fully saturated rings. The van der Waals surface area contributed by atoms with Crippen molar-refractivity contribution >= 4 is 15.7 Å². The summed E-state index contributed by atoms with van der Waals surface area (Å²) in [5, 5.41) is 1.09. The Morgan fingerprint density at radius 1 is 1.09 bits per heavy atom. The van der Waals surface area contributed by atoms with Crippen LogP contribution in [-0.4, -0.2) is 33.5 Å². The zero-order valence-corrected chi connectivity index (χ0v) is 13.2. The maximum absolute atomic E-state index is 12.4. The molecular weight excluding hydrogens is 302 g/mol. The summed E-state index contributed by atoms with van der Waals surface area (Å²) in [6, 6.07) is 14.8. The molecule has 2 aromatic carbocycles. The van der Waals surface area contributed by atoms with Crippen molar-refractivity contribution in [2.24, 2.45) is 0 Å². The topological polar surface area (TPSA) is 63.7 Å². The number of benzene rings is 2. The fourth-order valence-corrected chi connectivity index (χ4v) is 3.35. The van der Waals surface area contributed by atoms with Crippen molar-refractivity contribution in [2.45, 2.75) is 10.6 Å². The Bertz CT molecular complexity index is 757. The molecule has 0 saturated heterocycles. The average Bonchev–Trinajstić information content (AvgIpc) is 2.54. The fourth-order valence-electron chi connectivity index (χ4n) is 1.99. The second-order valence-electron chi connectivity index (χ2n) is 4.76. The summed E-state index contributed by atoms with van der Waals surface area (Å²) >= 11 is 0. The number of nitrogens with zero attached hydrogens (tertiary/aromatic N) is 1. The first-order valence-corrected chi connectivity index (χ1v) is 8.28. The number of carbonyl (C=O) groups excluding carboxylic acids is 1. The van der Waals surface area contributed by atoms with Crippen LogP contribution in [0.1, 0.15) is 15.9 Å². The number of hydrogen-bond acceptors (Lipinski definition) is 4. The highest BCUT2D eigenvalue weighted by atomic mass is 32.2. The highest BCUT2D eigenvalue weighted by Crippen LogP contribution is 2.17. The summed E-state index contributed by atoms with van der Waals surface area (Å²) < 4.78 is 24.7. The van der Waals surface area contributed by atoms with E-state index in [1.54, 1.807) is 54.6 Å². The van der Waals surface area contributed by atoms with Crippen molar-refractivity contribution < 1.29 is 18.0 Å². The summed E-state index contributed by atoms with van der Waals surface area (Å²) in [6.07, 6.45) is 0. The van der Waals surface area contributed by atoms with E-state index in [0.717, 1.165) is 5.06 Å². The van der Waals surface area contributed by atoms with Crippen LogP contribution in [-0.2, 0) is 20.4 Å². The van der Waals surface area contributed by atoms with Crippen LogP contribution in [0.3, 0.4) is 0 Å². The lowest BCUT2D eigenvalue weighted by molar-refractivity contribution is -0.0757. The number of amides is 1. The van der Waals surface area contributed by atoms with Crippen LogP contribution >= 0.6 is 0 Å². The van der Waals surface area contributed by atoms with Gasteiger partial charge in [0.25, 0.3) is 5.91 Å². The zero-order valence-electron chi connectivity index (χ0n) is 12.4. The number of carbonyl (C=O) groups is 1. The van der Waals surface area contributed by atoms with E-state index < -0.39 is 9.84 Å². The van der Waals surface area contributed by atoms with Crippen molar-refractivity contribution in [3.63, 3.8) is 0 Å². The Morgan fingerprint density at radius 3 is 2.41 bits per heavy atom. The molecule has 0 aliphatic heterocycles. The largest absolute Gasteiger partial charge is 0.277 e. The SMILES string of the molecule is CON(C)C(=O)c1cccc(CS(=O)(=O)c2ccccc2)c1. The van der Waals surface area contributed by atoms with Crippen LogP contribution in [0.25, 0.3) is 0 Å². The molecular formula is C16H17NO4S. The van der Waals surface area contributed by atoms with Gasteiger partial charge in [0.05, 0.1) is 17.8 Å². The predicted molar refractivity (Wildman–Crippen MR) is 82.9 cm³/mol. The standard InChI is InChI=1S/C16H17NO4S/c1-17(21-2)16(18)14-8-6-7-13(11-14)12-22(19,20)15-9-4-3-5-10-15/h3-11H,12H2,1-2H3. The number of rotatable bonds is 5. The molecule has 0 aromatic heterocycles. The van der Waals surface area contributed by atoms with E-state index in [-0.39, 0.29) is 16.6 Å². The second kappa shape index (κ2) is 6.72. The van der Waals surface area contributed by atoms with Gasteiger partial charge < -0.3 is 0 Å². The van der Waals surface area contributed by atoms with Crippen LogP contribution in [0.2, 0.25) is 0 Å². The van der Waals surface area contributed by atoms with Crippen LogP contribution in [0.5, 0.6) is 0 Å². The van der Waals surface area contributed by atoms with Crippen LogP contribution < -0.4 is 0 Å². The van der Waals surface area contributed by atoms with Crippen molar-refractivity contribution in [2.75, 3.05) is 14.2 Å². The molecule has 2 aromatic rings. The van der Waals surface area contributed by atoms with E-state index in [0.29, 0.717) is 11.1 Å². The van der Waals surface area contributed by atoms with Crippen LogP contribution in [0, 0.1) is 0 Å². The molecule has 0 aliphatic rings. The Kier molecular flexibility index (Phi) is 4.95. The van der Waals surface area contributed by atoms with E-state index in [9.17, 15) is 13.2 Å². The molecule has 0 radical (unpaired) electrons. The maximum Gasteiger partial charge on any atom is 0.277 e. The fraction of sp³-hybridized carbons (Fsp3) is 0.188. The molecule has 0 heterocycles. The first-order chi connectivity index (χ1) is 10.4. The molecule has 2 rings (SSSR count). The van der Waals surface area contributed by atoms with Gasteiger partial charge in [-0.1, -0.05) is 30.3 Å². The summed E-state index contributed by atoms with van der Waals surface area (Å²) in [4.78, 5) is 17.1. The van der Waals surface area contributed by atoms with Gasteiger partial charge in [-0.25, -0.2) is 13.5 Å². The van der Waals surface area contributed by atoms with Crippen molar-refractivity contribution in [1.82, 2.24) is 5.06 Å². The monoisotopic (exact) mass is 319 g/mol. The Morgan fingerprint density at radius 2 is 1.77 bits per heavy atom. The minimum atomic E-state index is -3.44. The van der Waals surface area contributed by atoms with Crippen molar-refractivity contribution in [3.8, 4) is 0 Å². The van der Waals surface area contributed by atoms with E-state index in [2.05, 4.69) is 0 Å². The molecule has 0 saturated carbocycles. The van der Waals surface area contributed by atoms with E-state index in [1.807, 2.05) is 0 Å². The maximum atomic E-state index is 12.4. The smallest absolute Gasteiger partial charge is 0.274 e. The third-order valence-corrected chi connectivity index (χ3v) is 4.90. The summed E-state index contributed by atoms with van der Waals surface area (Å²) in [5.74, 6) is -0.490. The molecule has 1 amide bonds. The highest BCUT2D eigenvalue weighted by molar-refractivity contribution is 7.90. The third-order valence-electron chi connectivity index (χ3n) is 3.19. The number of sulfone groups is 1. The predicted octanol–water partition coefficient (Wildman–Crippen LogP) is 2.29. The minimum absolute atomic E-state index is 0.158. The van der Waals surface area contributed by atoms with Gasteiger partial charge in [-0.2, -0.15) is 0 Å². The third kappa shape index (κ3) is 3.72. The summed E-state index contributed by atoms with van der Waals surface area (Å²) in [7, 11) is -0.552. The molecule has 0 spiro atoms. The van der Waals surface area contributed by atoms with Crippen molar-refractivity contribution in [3.05, 3.63) is 65.7 Å². The Hall–Kier alpha value is -2.18. The van der Waals surface area contributed by atoms with E-state index in [1.165, 1.54) is 14.2 Å². The van der Waals surface area contributed by atoms with Gasteiger partial charge in [0.2, 0.25) is 0 Å². The highest BCUT2D eigenvalue weighted by Gasteiger charge is 2.17. The first kappa shape index (κ1) is 16.2. The molecule has 0 N–H and O–H groups in total. The van der Waals surface area contributed by atoms with E-state index >= 15 is 0 Å². The lowest BCUT2D eigenvalue weighted by atomic mass is 10.1. The number of hydroxylamine groups is 2. The molecule has 116 valence electrons. The van der Waals surface area contributed by atoms with Gasteiger partial charge in [-0.05, 0) is 29.8 Å². The lowest BCUT2D eigenvalue weighted by Gasteiger charge is -2.14. The molecule has 0 unspecified atom stereocenters. The first-order valence-electron chi connectivity index (χ1n) is 6.63. The van der Waals surface area contributed by atoms with Crippen molar-refractivity contribution in [1.29, 1.82) is 0 Å². The zero-order chi connectivity index (χ0) is 16.2. The van der Waals surface area contributed by atoms with Gasteiger partial charge in [0.1, 0.15) is 0 Å². The van der Waals surface area contributed by atoms with Gasteiger partial charge in [-0.15, -0.1) is 0 Å². The lowest BCUT2D eigenvalue weighted by Crippen LogP contribution is -2.25.